The zero-order valence-corrected chi connectivity index (χ0v) is 21.7. The summed E-state index contributed by atoms with van der Waals surface area (Å²) in [6.45, 7) is 5.72. The largest absolute Gasteiger partial charge is 0.488 e. The number of para-hydroxylation sites is 1. The van der Waals surface area contributed by atoms with Crippen LogP contribution in [0.15, 0.2) is 47.6 Å². The van der Waals surface area contributed by atoms with E-state index in [0.29, 0.717) is 66.7 Å². The van der Waals surface area contributed by atoms with E-state index in [4.69, 9.17) is 42.4 Å². The number of hydrogen-bond donors (Lipinski definition) is 1. The summed E-state index contributed by atoms with van der Waals surface area (Å²) in [5, 5.41) is 5.53. The van der Waals surface area contributed by atoms with E-state index in [9.17, 15) is 0 Å². The van der Waals surface area contributed by atoms with Crippen molar-refractivity contribution in [1.82, 2.24) is 15.0 Å². The lowest BCUT2D eigenvalue weighted by molar-refractivity contribution is 0.121. The number of ether oxygens (including phenoxy) is 3. The van der Waals surface area contributed by atoms with E-state index in [0.717, 1.165) is 37.3 Å². The van der Waals surface area contributed by atoms with Gasteiger partial charge in [-0.15, -0.1) is 0 Å². The normalized spacial score (nSPS) is 16.3. The van der Waals surface area contributed by atoms with Crippen LogP contribution in [0.4, 0.5) is 17.8 Å². The van der Waals surface area contributed by atoms with Crippen LogP contribution in [0.2, 0.25) is 10.0 Å². The summed E-state index contributed by atoms with van der Waals surface area (Å²) < 4.78 is 17.0. The molecule has 10 nitrogen and oxygen atoms in total. The second kappa shape index (κ2) is 12.4. The molecule has 0 bridgehead atoms. The molecule has 5 rings (SSSR count). The van der Waals surface area contributed by atoms with Crippen LogP contribution < -0.4 is 20.0 Å². The molecule has 2 aliphatic heterocycles. The monoisotopic (exact) mass is 543 g/mol. The minimum absolute atomic E-state index is 0.299. The van der Waals surface area contributed by atoms with Gasteiger partial charge in [0, 0.05) is 47.4 Å². The fourth-order valence-corrected chi connectivity index (χ4v) is 4.35. The molecule has 0 aliphatic carbocycles. The van der Waals surface area contributed by atoms with E-state index >= 15 is 0 Å². The Bertz CT molecular complexity index is 1200. The smallest absolute Gasteiger partial charge is 0.250 e. The van der Waals surface area contributed by atoms with Gasteiger partial charge in [0.05, 0.1) is 32.6 Å². The molecule has 1 N–H and O–H groups in total. The molecule has 2 aromatic carbocycles. The maximum absolute atomic E-state index is 6.28. The molecule has 0 spiro atoms. The van der Waals surface area contributed by atoms with Crippen LogP contribution >= 0.6 is 23.2 Å². The molecule has 12 heteroatoms. The lowest BCUT2D eigenvalue weighted by atomic mass is 10.2. The number of aromatic nitrogens is 3. The van der Waals surface area contributed by atoms with Gasteiger partial charge in [-0.2, -0.15) is 20.1 Å². The summed E-state index contributed by atoms with van der Waals surface area (Å²) in [6.07, 6.45) is 1.67. The van der Waals surface area contributed by atoms with Crippen LogP contribution in [0.5, 0.6) is 5.75 Å². The Balaban J connectivity index is 1.31. The quantitative estimate of drug-likeness (QED) is 0.335. The van der Waals surface area contributed by atoms with E-state index in [2.05, 4.69) is 30.3 Å². The van der Waals surface area contributed by atoms with Gasteiger partial charge in [-0.25, -0.2) is 5.43 Å². The summed E-state index contributed by atoms with van der Waals surface area (Å²) in [5.74, 6) is 2.22. The third-order valence-electron chi connectivity index (χ3n) is 5.89. The third-order valence-corrected chi connectivity index (χ3v) is 6.47. The number of morpholine rings is 2. The predicted octanol–water partition coefficient (Wildman–Crippen LogP) is 3.88. The van der Waals surface area contributed by atoms with Gasteiger partial charge in [-0.05, 0) is 24.3 Å². The van der Waals surface area contributed by atoms with Gasteiger partial charge in [0.25, 0.3) is 0 Å². The van der Waals surface area contributed by atoms with Crippen molar-refractivity contribution in [2.24, 2.45) is 5.10 Å². The van der Waals surface area contributed by atoms with Gasteiger partial charge in [-0.1, -0.05) is 41.4 Å². The molecule has 2 aliphatic rings. The van der Waals surface area contributed by atoms with Crippen LogP contribution in [0.1, 0.15) is 11.1 Å². The lowest BCUT2D eigenvalue weighted by Crippen LogP contribution is -2.40. The second-order valence-corrected chi connectivity index (χ2v) is 9.23. The Morgan fingerprint density at radius 2 is 1.54 bits per heavy atom. The minimum Gasteiger partial charge on any atom is -0.488 e. The molecule has 0 atom stereocenters. The molecule has 37 heavy (non-hydrogen) atoms. The van der Waals surface area contributed by atoms with Crippen LogP contribution in [-0.2, 0) is 16.1 Å². The third kappa shape index (κ3) is 6.78. The maximum atomic E-state index is 6.28. The fraction of sp³-hybridized carbons (Fsp3) is 0.360. The van der Waals surface area contributed by atoms with Crippen molar-refractivity contribution in [3.63, 3.8) is 0 Å². The number of rotatable bonds is 8. The molecule has 1 aromatic heterocycles. The van der Waals surface area contributed by atoms with Crippen molar-refractivity contribution in [3.05, 3.63) is 63.6 Å². The van der Waals surface area contributed by atoms with Crippen molar-refractivity contribution in [2.75, 3.05) is 67.8 Å². The molecular formula is C25H27Cl2N7O3. The van der Waals surface area contributed by atoms with Crippen LogP contribution in [-0.4, -0.2) is 73.8 Å². The van der Waals surface area contributed by atoms with Crippen molar-refractivity contribution in [3.8, 4) is 5.75 Å². The van der Waals surface area contributed by atoms with E-state index < -0.39 is 0 Å². The van der Waals surface area contributed by atoms with Gasteiger partial charge in [0.2, 0.25) is 17.8 Å². The van der Waals surface area contributed by atoms with Gasteiger partial charge < -0.3 is 24.0 Å². The first-order valence-electron chi connectivity index (χ1n) is 12.0. The average molecular weight is 544 g/mol. The summed E-state index contributed by atoms with van der Waals surface area (Å²) in [6, 6.07) is 12.9. The molecule has 0 saturated carbocycles. The molecule has 0 unspecified atom stereocenters. The number of nitrogens with one attached hydrogen (secondary N) is 1. The highest BCUT2D eigenvalue weighted by atomic mass is 35.5. The zero-order valence-electron chi connectivity index (χ0n) is 20.1. The summed E-state index contributed by atoms with van der Waals surface area (Å²) in [7, 11) is 0. The highest BCUT2D eigenvalue weighted by molar-refractivity contribution is 6.35. The number of hydrazone groups is 1. The zero-order chi connectivity index (χ0) is 25.5. The van der Waals surface area contributed by atoms with Crippen LogP contribution in [0, 0.1) is 0 Å². The van der Waals surface area contributed by atoms with Gasteiger partial charge >= 0.3 is 0 Å². The van der Waals surface area contributed by atoms with Gasteiger partial charge in [0.15, 0.2) is 0 Å². The first kappa shape index (κ1) is 25.5. The molecule has 2 saturated heterocycles. The Morgan fingerprint density at radius 1 is 0.892 bits per heavy atom. The highest BCUT2D eigenvalue weighted by Crippen LogP contribution is 2.24. The molecule has 2 fully saturated rings. The van der Waals surface area contributed by atoms with E-state index in [1.54, 1.807) is 18.3 Å². The van der Waals surface area contributed by atoms with Gasteiger partial charge in [0.1, 0.15) is 12.4 Å². The van der Waals surface area contributed by atoms with E-state index in [1.165, 1.54) is 0 Å². The SMILES string of the molecule is Clc1ccc(COc2ccccc2/C=N\Nc2nc(N3CCOCC3)nc(N3CCOCC3)n2)c(Cl)c1. The molecule has 0 amide bonds. The second-order valence-electron chi connectivity index (χ2n) is 8.39. The molecular weight excluding hydrogens is 517 g/mol. The Hall–Kier alpha value is -3.18. The first-order chi connectivity index (χ1) is 18.2. The number of anilines is 3. The number of nitrogens with zero attached hydrogens (tertiary/aromatic N) is 6. The molecule has 3 aromatic rings. The Kier molecular flexibility index (Phi) is 8.52. The standard InChI is InChI=1S/C25H27Cl2N7O3/c26-20-6-5-19(21(27)15-20)17-37-22-4-2-1-3-18(22)16-28-32-23-29-24(33-7-11-35-12-8-33)31-25(30-23)34-9-13-36-14-10-34/h1-6,15-16H,7-14,17H2,(H,29,30,31,32)/b28-16-. The highest BCUT2D eigenvalue weighted by Gasteiger charge is 2.20. The molecule has 0 radical (unpaired) electrons. The van der Waals surface area contributed by atoms with E-state index in [1.807, 2.05) is 30.3 Å². The number of benzene rings is 2. The Morgan fingerprint density at radius 3 is 2.19 bits per heavy atom. The Labute approximate surface area is 225 Å². The fourth-order valence-electron chi connectivity index (χ4n) is 3.89. The topological polar surface area (TPSA) is 97.2 Å². The van der Waals surface area contributed by atoms with Gasteiger partial charge in [-0.3, -0.25) is 0 Å². The summed E-state index contributed by atoms with van der Waals surface area (Å²) in [4.78, 5) is 18.1. The summed E-state index contributed by atoms with van der Waals surface area (Å²) >= 11 is 12.3. The van der Waals surface area contributed by atoms with Crippen molar-refractivity contribution in [2.45, 2.75) is 6.61 Å². The maximum Gasteiger partial charge on any atom is 0.250 e. The van der Waals surface area contributed by atoms with Crippen LogP contribution in [0.25, 0.3) is 0 Å². The van der Waals surface area contributed by atoms with E-state index in [-0.39, 0.29) is 0 Å². The van der Waals surface area contributed by atoms with Crippen LogP contribution in [0.3, 0.4) is 0 Å². The lowest BCUT2D eigenvalue weighted by Gasteiger charge is -2.30. The average Bonchev–Trinajstić information content (AvgIpc) is 2.94. The minimum atomic E-state index is 0.299. The molecule has 194 valence electrons. The van der Waals surface area contributed by atoms with Crippen molar-refractivity contribution >= 4 is 47.3 Å². The van der Waals surface area contributed by atoms with Crippen molar-refractivity contribution in [1.29, 1.82) is 0 Å². The number of halogens is 2. The van der Waals surface area contributed by atoms with Crippen molar-refractivity contribution < 1.29 is 14.2 Å². The number of hydrogen-bond acceptors (Lipinski definition) is 10. The first-order valence-corrected chi connectivity index (χ1v) is 12.8. The summed E-state index contributed by atoms with van der Waals surface area (Å²) in [5.41, 5.74) is 4.60. The molecule has 3 heterocycles. The predicted molar refractivity (Wildman–Crippen MR) is 144 cm³/mol.